The van der Waals surface area contributed by atoms with Gasteiger partial charge in [0.1, 0.15) is 5.75 Å². The van der Waals surface area contributed by atoms with Crippen LogP contribution in [0.5, 0.6) is 5.75 Å². The minimum absolute atomic E-state index is 0.0429. The molecular weight excluding hydrogens is 562 g/mol. The van der Waals surface area contributed by atoms with Gasteiger partial charge >= 0.3 is 5.97 Å². The topological polar surface area (TPSA) is 91.6 Å². The Kier molecular flexibility index (Phi) is 7.63. The third-order valence-electron chi connectivity index (χ3n) is 3.32. The molecule has 2 aromatic rings. The third-order valence-corrected chi connectivity index (χ3v) is 4.56. The lowest BCUT2D eigenvalue weighted by molar-refractivity contribution is -0.157. The summed E-state index contributed by atoms with van der Waals surface area (Å²) < 4.78 is 12.9. The molecule has 0 fully saturated rings. The maximum Gasteiger partial charge on any atom is 0.364 e. The first-order valence-corrected chi connectivity index (χ1v) is 9.73. The van der Waals surface area contributed by atoms with E-state index in [0.29, 0.717) is 17.0 Å². The van der Waals surface area contributed by atoms with Gasteiger partial charge in [0, 0.05) is 12.8 Å². The lowest BCUT2D eigenvalue weighted by Crippen LogP contribution is -2.49. The smallest absolute Gasteiger partial charge is 0.364 e. The average Bonchev–Trinajstić information content (AvgIpc) is 2.59. The molecule has 0 aliphatic heterocycles. The lowest BCUT2D eigenvalue weighted by atomic mass is 10.2. The van der Waals surface area contributed by atoms with Gasteiger partial charge in [-0.25, -0.2) is 4.79 Å². The first-order valence-electron chi connectivity index (χ1n) is 7.58. The van der Waals surface area contributed by atoms with Gasteiger partial charge in [0.25, 0.3) is 0 Å². The summed E-state index contributed by atoms with van der Waals surface area (Å²) in [6.07, 6.45) is 0. The number of nitriles is 1. The Morgan fingerprint density at radius 2 is 1.85 bits per heavy atom. The summed E-state index contributed by atoms with van der Waals surface area (Å²) in [5, 5.41) is 20.9. The van der Waals surface area contributed by atoms with E-state index in [1.165, 1.54) is 6.92 Å². The minimum atomic E-state index is -1.51. The number of anilines is 1. The molecule has 0 aliphatic rings. The summed E-state index contributed by atoms with van der Waals surface area (Å²) in [5.41, 5.74) is -0.424. The van der Waals surface area contributed by atoms with Gasteiger partial charge in [-0.1, -0.05) is 0 Å². The molecule has 0 aliphatic carbocycles. The number of nitrogens with zero attached hydrogens (tertiary/aromatic N) is 1. The van der Waals surface area contributed by atoms with Crippen molar-refractivity contribution < 1.29 is 19.4 Å². The Morgan fingerprint density at radius 3 is 2.38 bits per heavy atom. The summed E-state index contributed by atoms with van der Waals surface area (Å²) in [4.78, 5) is 12.7. The molecule has 26 heavy (non-hydrogen) atoms. The number of benzene rings is 2. The van der Waals surface area contributed by atoms with Gasteiger partial charge in [0.05, 0.1) is 24.8 Å². The molecule has 2 N–H and O–H groups in total. The van der Waals surface area contributed by atoms with Crippen LogP contribution in [0.15, 0.2) is 42.5 Å². The number of hydrogen-bond acceptors (Lipinski definition) is 6. The number of halogens is 2. The first kappa shape index (κ1) is 20.9. The van der Waals surface area contributed by atoms with Crippen molar-refractivity contribution in [3.63, 3.8) is 0 Å². The lowest BCUT2D eigenvalue weighted by Gasteiger charge is -2.29. The molecule has 0 heterocycles. The van der Waals surface area contributed by atoms with E-state index >= 15 is 0 Å². The first-order chi connectivity index (χ1) is 12.4. The number of esters is 1. The van der Waals surface area contributed by atoms with E-state index in [1.807, 2.05) is 12.1 Å². The van der Waals surface area contributed by atoms with Crippen molar-refractivity contribution in [1.82, 2.24) is 0 Å². The highest BCUT2D eigenvalue weighted by Gasteiger charge is 2.37. The Balaban J connectivity index is 2.22. The number of aliphatic hydroxyl groups excluding tert-OH is 1. The summed E-state index contributed by atoms with van der Waals surface area (Å²) >= 11 is 4.29. The van der Waals surface area contributed by atoms with Crippen LogP contribution >= 0.6 is 45.2 Å². The molecule has 6 nitrogen and oxygen atoms in total. The molecule has 0 spiro atoms. The molecule has 0 saturated carbocycles. The van der Waals surface area contributed by atoms with Crippen molar-refractivity contribution in [1.29, 1.82) is 5.26 Å². The van der Waals surface area contributed by atoms with Gasteiger partial charge in [-0.3, -0.25) is 0 Å². The van der Waals surface area contributed by atoms with Crippen molar-refractivity contribution in [2.24, 2.45) is 0 Å². The SMILES string of the molecule is CC(Nc1ccc(C#N)cc1)(OCCO)C(=O)Oc1cc(I)cc(I)c1. The number of hydrogen-bond donors (Lipinski definition) is 2. The molecule has 2 aromatic carbocycles. The Hall–Kier alpha value is -1.42. The monoisotopic (exact) mass is 578 g/mol. The van der Waals surface area contributed by atoms with Gasteiger partial charge in [-0.05, 0) is 94.6 Å². The van der Waals surface area contributed by atoms with Crippen molar-refractivity contribution in [2.45, 2.75) is 12.6 Å². The van der Waals surface area contributed by atoms with Gasteiger partial charge in [0.15, 0.2) is 0 Å². The average molecular weight is 578 g/mol. The van der Waals surface area contributed by atoms with Gasteiger partial charge in [-0.2, -0.15) is 5.26 Å². The molecule has 1 unspecified atom stereocenters. The highest BCUT2D eigenvalue weighted by molar-refractivity contribution is 14.1. The van der Waals surface area contributed by atoms with Gasteiger partial charge in [0.2, 0.25) is 5.72 Å². The fraction of sp³-hybridized carbons (Fsp3) is 0.222. The van der Waals surface area contributed by atoms with Crippen molar-refractivity contribution in [3.05, 3.63) is 55.2 Å². The number of aliphatic hydroxyl groups is 1. The molecule has 0 bridgehead atoms. The second-order valence-corrected chi connectivity index (χ2v) is 7.91. The maximum absolute atomic E-state index is 12.7. The van der Waals surface area contributed by atoms with Crippen LogP contribution in [0.2, 0.25) is 0 Å². The standard InChI is InChI=1S/C18H16I2N2O4/c1-18(25-7-6-23,22-15-4-2-12(11-21)3-5-15)17(24)26-16-9-13(19)8-14(20)10-16/h2-5,8-10,22-23H,6-7H2,1H3. The number of rotatable bonds is 7. The van der Waals surface area contributed by atoms with Crippen molar-refractivity contribution in [3.8, 4) is 11.8 Å². The second-order valence-electron chi connectivity index (χ2n) is 5.41. The normalized spacial score (nSPS) is 12.7. The number of carbonyl (C=O) groups excluding carboxylic acids is 1. The van der Waals surface area contributed by atoms with Crippen LogP contribution < -0.4 is 10.1 Å². The summed E-state index contributed by atoms with van der Waals surface area (Å²) in [7, 11) is 0. The quantitative estimate of drug-likeness (QED) is 0.226. The number of carbonyl (C=O) groups is 1. The highest BCUT2D eigenvalue weighted by atomic mass is 127. The molecule has 1 atom stereocenters. The zero-order valence-electron chi connectivity index (χ0n) is 13.8. The molecule has 0 amide bonds. The zero-order valence-corrected chi connectivity index (χ0v) is 18.1. The Labute approximate surface area is 178 Å². The fourth-order valence-electron chi connectivity index (χ4n) is 2.09. The third kappa shape index (κ3) is 5.80. The van der Waals surface area contributed by atoms with Crippen molar-refractivity contribution >= 4 is 56.8 Å². The molecule has 0 aromatic heterocycles. The molecular formula is C18H16I2N2O4. The molecule has 0 radical (unpaired) electrons. The van der Waals surface area contributed by atoms with E-state index in [1.54, 1.807) is 36.4 Å². The van der Waals surface area contributed by atoms with Crippen LogP contribution in [-0.4, -0.2) is 30.0 Å². The van der Waals surface area contributed by atoms with E-state index in [9.17, 15) is 4.79 Å². The molecule has 2 rings (SSSR count). The Morgan fingerprint density at radius 1 is 1.23 bits per heavy atom. The Bertz CT molecular complexity index is 801. The maximum atomic E-state index is 12.7. The van der Waals surface area contributed by atoms with E-state index in [-0.39, 0.29) is 13.2 Å². The number of ether oxygens (including phenoxy) is 2. The predicted molar refractivity (Wildman–Crippen MR) is 114 cm³/mol. The molecule has 0 saturated heterocycles. The van der Waals surface area contributed by atoms with E-state index in [4.69, 9.17) is 19.8 Å². The van der Waals surface area contributed by atoms with E-state index in [2.05, 4.69) is 50.5 Å². The van der Waals surface area contributed by atoms with Crippen molar-refractivity contribution in [2.75, 3.05) is 18.5 Å². The summed E-state index contributed by atoms with van der Waals surface area (Å²) in [6, 6.07) is 14.1. The summed E-state index contributed by atoms with van der Waals surface area (Å²) in [5.74, 6) is -0.236. The van der Waals surface area contributed by atoms with Crippen LogP contribution in [0, 0.1) is 18.5 Å². The summed E-state index contributed by atoms with van der Waals surface area (Å²) in [6.45, 7) is 1.25. The largest absolute Gasteiger partial charge is 0.423 e. The van der Waals surface area contributed by atoms with Gasteiger partial charge in [-0.15, -0.1) is 0 Å². The van der Waals surface area contributed by atoms with E-state index < -0.39 is 11.7 Å². The zero-order chi connectivity index (χ0) is 19.2. The van der Waals surface area contributed by atoms with Crippen LogP contribution in [0.3, 0.4) is 0 Å². The number of nitrogens with one attached hydrogen (secondary N) is 1. The fourth-order valence-corrected chi connectivity index (χ4v) is 3.97. The van der Waals surface area contributed by atoms with Gasteiger partial charge < -0.3 is 19.9 Å². The molecule has 8 heteroatoms. The van der Waals surface area contributed by atoms with Crippen LogP contribution in [-0.2, 0) is 9.53 Å². The van der Waals surface area contributed by atoms with Crippen LogP contribution in [0.1, 0.15) is 12.5 Å². The highest BCUT2D eigenvalue weighted by Crippen LogP contribution is 2.24. The van der Waals surface area contributed by atoms with E-state index in [0.717, 1.165) is 7.14 Å². The minimum Gasteiger partial charge on any atom is -0.423 e. The van der Waals surface area contributed by atoms with Crippen LogP contribution in [0.4, 0.5) is 5.69 Å². The predicted octanol–water partition coefficient (Wildman–Crippen LogP) is 3.51. The second kappa shape index (κ2) is 9.50. The van der Waals surface area contributed by atoms with Crippen LogP contribution in [0.25, 0.3) is 0 Å². The molecule has 136 valence electrons.